The van der Waals surface area contributed by atoms with Gasteiger partial charge in [0.25, 0.3) is 5.91 Å². The van der Waals surface area contributed by atoms with Gasteiger partial charge in [-0.3, -0.25) is 4.79 Å². The first-order valence-corrected chi connectivity index (χ1v) is 8.13. The van der Waals surface area contributed by atoms with Gasteiger partial charge in [-0.2, -0.15) is 0 Å². The lowest BCUT2D eigenvalue weighted by atomic mass is 10.1. The van der Waals surface area contributed by atoms with Gasteiger partial charge in [0.15, 0.2) is 0 Å². The van der Waals surface area contributed by atoms with E-state index in [4.69, 9.17) is 11.6 Å². The first-order chi connectivity index (χ1) is 8.54. The number of carbonyl (C=O) groups is 1. The lowest BCUT2D eigenvalue weighted by Gasteiger charge is -2.08. The Kier molecular flexibility index (Phi) is 7.27. The highest BCUT2D eigenvalue weighted by Gasteiger charge is 2.07. The summed E-state index contributed by atoms with van der Waals surface area (Å²) in [6, 6.07) is 5.18. The summed E-state index contributed by atoms with van der Waals surface area (Å²) in [6.45, 7) is 2.89. The van der Waals surface area contributed by atoms with Crippen LogP contribution >= 0.6 is 43.5 Å². The van der Waals surface area contributed by atoms with Gasteiger partial charge in [0.2, 0.25) is 0 Å². The molecule has 1 N–H and O–H groups in total. The van der Waals surface area contributed by atoms with Crippen molar-refractivity contribution < 1.29 is 4.79 Å². The summed E-state index contributed by atoms with van der Waals surface area (Å²) in [5.41, 5.74) is 0.625. The molecule has 0 heterocycles. The molecule has 0 bridgehead atoms. The van der Waals surface area contributed by atoms with Crippen molar-refractivity contribution in [3.8, 4) is 0 Å². The third-order valence-electron chi connectivity index (χ3n) is 2.60. The van der Waals surface area contributed by atoms with Crippen LogP contribution in [0.25, 0.3) is 0 Å². The van der Waals surface area contributed by atoms with Crippen LogP contribution in [0, 0.1) is 5.92 Å². The predicted molar refractivity (Wildman–Crippen MR) is 83.7 cm³/mol. The van der Waals surface area contributed by atoms with Crippen molar-refractivity contribution in [3.63, 3.8) is 0 Å². The molecule has 1 atom stereocenters. The highest BCUT2D eigenvalue weighted by atomic mass is 79.9. The molecular formula is C13H16Br2ClNO. The van der Waals surface area contributed by atoms with Crippen LogP contribution in [0.1, 0.15) is 30.1 Å². The van der Waals surface area contributed by atoms with Crippen LogP contribution in [0.2, 0.25) is 5.02 Å². The number of hydrogen-bond donors (Lipinski definition) is 1. The molecule has 18 heavy (non-hydrogen) atoms. The largest absolute Gasteiger partial charge is 0.352 e. The molecule has 1 aromatic carbocycles. The Balaban J connectivity index is 2.39. The molecule has 0 saturated heterocycles. The average molecular weight is 398 g/mol. The maximum absolute atomic E-state index is 11.8. The molecule has 1 unspecified atom stereocenters. The fourth-order valence-electron chi connectivity index (χ4n) is 1.47. The Labute approximate surface area is 130 Å². The molecule has 0 aliphatic rings. The van der Waals surface area contributed by atoms with E-state index in [-0.39, 0.29) is 5.91 Å². The number of nitrogens with one attached hydrogen (secondary N) is 1. The van der Waals surface area contributed by atoms with Crippen LogP contribution in [0.4, 0.5) is 0 Å². The first-order valence-electron chi connectivity index (χ1n) is 5.83. The topological polar surface area (TPSA) is 29.1 Å². The van der Waals surface area contributed by atoms with Crippen LogP contribution in [-0.4, -0.2) is 17.8 Å². The Morgan fingerprint density at radius 2 is 2.22 bits per heavy atom. The van der Waals surface area contributed by atoms with Gasteiger partial charge in [-0.25, -0.2) is 0 Å². The lowest BCUT2D eigenvalue weighted by molar-refractivity contribution is 0.0952. The number of alkyl halides is 1. The van der Waals surface area contributed by atoms with Crippen molar-refractivity contribution in [2.45, 2.75) is 19.8 Å². The van der Waals surface area contributed by atoms with Gasteiger partial charge in [-0.1, -0.05) is 34.5 Å². The standard InChI is InChI=1S/C13H16Br2ClNO/c1-9(8-14)3-2-6-17-13(18)10-4-5-12(16)11(15)7-10/h4-5,7,9H,2-3,6,8H2,1H3,(H,17,18). The van der Waals surface area contributed by atoms with E-state index < -0.39 is 0 Å². The summed E-state index contributed by atoms with van der Waals surface area (Å²) in [4.78, 5) is 11.8. The van der Waals surface area contributed by atoms with Gasteiger partial charge < -0.3 is 5.32 Å². The lowest BCUT2D eigenvalue weighted by Crippen LogP contribution is -2.24. The van der Waals surface area contributed by atoms with Gasteiger partial charge in [-0.15, -0.1) is 0 Å². The zero-order valence-electron chi connectivity index (χ0n) is 10.2. The molecule has 0 radical (unpaired) electrons. The monoisotopic (exact) mass is 395 g/mol. The number of amides is 1. The van der Waals surface area contributed by atoms with Crippen LogP contribution in [0.5, 0.6) is 0 Å². The summed E-state index contributed by atoms with van der Waals surface area (Å²) >= 11 is 12.6. The van der Waals surface area contributed by atoms with E-state index in [0.717, 1.165) is 22.6 Å². The Bertz CT molecular complexity index is 412. The van der Waals surface area contributed by atoms with E-state index in [0.29, 0.717) is 23.0 Å². The molecule has 0 spiro atoms. The molecule has 0 saturated carbocycles. The molecule has 0 aliphatic heterocycles. The molecule has 1 amide bonds. The van der Waals surface area contributed by atoms with Crippen molar-refractivity contribution in [2.75, 3.05) is 11.9 Å². The van der Waals surface area contributed by atoms with Crippen molar-refractivity contribution in [1.82, 2.24) is 5.32 Å². The second-order valence-electron chi connectivity index (χ2n) is 4.29. The third-order valence-corrected chi connectivity index (χ3v) is 4.92. The second-order valence-corrected chi connectivity index (χ2v) is 6.20. The average Bonchev–Trinajstić information content (AvgIpc) is 2.37. The third kappa shape index (κ3) is 5.29. The number of halogens is 3. The highest BCUT2D eigenvalue weighted by Crippen LogP contribution is 2.23. The van der Waals surface area contributed by atoms with Gasteiger partial charge in [0.1, 0.15) is 0 Å². The molecule has 0 aliphatic carbocycles. The molecule has 0 aromatic heterocycles. The minimum atomic E-state index is -0.0566. The number of rotatable bonds is 6. The fraction of sp³-hybridized carbons (Fsp3) is 0.462. The SMILES string of the molecule is CC(CBr)CCCNC(=O)c1ccc(Cl)c(Br)c1. The van der Waals surface area contributed by atoms with E-state index in [1.54, 1.807) is 18.2 Å². The van der Waals surface area contributed by atoms with E-state index in [1.165, 1.54) is 0 Å². The van der Waals surface area contributed by atoms with Gasteiger partial charge in [0, 0.05) is 21.9 Å². The number of hydrogen-bond acceptors (Lipinski definition) is 1. The normalized spacial score (nSPS) is 12.2. The van der Waals surface area contributed by atoms with Gasteiger partial charge in [-0.05, 0) is 52.9 Å². The summed E-state index contributed by atoms with van der Waals surface area (Å²) in [7, 11) is 0. The highest BCUT2D eigenvalue weighted by molar-refractivity contribution is 9.10. The van der Waals surface area contributed by atoms with E-state index in [1.807, 2.05) is 0 Å². The smallest absolute Gasteiger partial charge is 0.251 e. The Morgan fingerprint density at radius 1 is 1.50 bits per heavy atom. The van der Waals surface area contributed by atoms with E-state index in [9.17, 15) is 4.79 Å². The van der Waals surface area contributed by atoms with E-state index >= 15 is 0 Å². The molecule has 5 heteroatoms. The van der Waals surface area contributed by atoms with Crippen molar-refractivity contribution in [1.29, 1.82) is 0 Å². The molecular weight excluding hydrogens is 381 g/mol. The maximum Gasteiger partial charge on any atom is 0.251 e. The minimum Gasteiger partial charge on any atom is -0.352 e. The zero-order valence-corrected chi connectivity index (χ0v) is 14.1. The quantitative estimate of drug-likeness (QED) is 0.550. The molecule has 1 aromatic rings. The van der Waals surface area contributed by atoms with Crippen molar-refractivity contribution in [2.24, 2.45) is 5.92 Å². The van der Waals surface area contributed by atoms with Gasteiger partial charge >= 0.3 is 0 Å². The maximum atomic E-state index is 11.8. The number of carbonyl (C=O) groups excluding carboxylic acids is 1. The molecule has 1 rings (SSSR count). The van der Waals surface area contributed by atoms with Crippen LogP contribution in [-0.2, 0) is 0 Å². The molecule has 0 fully saturated rings. The summed E-state index contributed by atoms with van der Waals surface area (Å²) in [5, 5.41) is 4.52. The fourth-order valence-corrected chi connectivity index (χ4v) is 2.29. The van der Waals surface area contributed by atoms with Gasteiger partial charge in [0.05, 0.1) is 5.02 Å². The second kappa shape index (κ2) is 8.18. The predicted octanol–water partition coefficient (Wildman–Crippen LogP) is 4.64. The van der Waals surface area contributed by atoms with Crippen molar-refractivity contribution >= 4 is 49.4 Å². The van der Waals surface area contributed by atoms with E-state index in [2.05, 4.69) is 44.1 Å². The Morgan fingerprint density at radius 3 is 2.83 bits per heavy atom. The Hall–Kier alpha value is -0.0600. The number of benzene rings is 1. The first kappa shape index (κ1) is 16.0. The summed E-state index contributed by atoms with van der Waals surface area (Å²) in [5.74, 6) is 0.588. The van der Waals surface area contributed by atoms with Crippen LogP contribution in [0.15, 0.2) is 22.7 Å². The van der Waals surface area contributed by atoms with Crippen molar-refractivity contribution in [3.05, 3.63) is 33.3 Å². The van der Waals surface area contributed by atoms with Crippen LogP contribution < -0.4 is 5.32 Å². The minimum absolute atomic E-state index is 0.0566. The zero-order chi connectivity index (χ0) is 13.5. The summed E-state index contributed by atoms with van der Waals surface area (Å²) < 4.78 is 0.740. The molecule has 100 valence electrons. The molecule has 2 nitrogen and oxygen atoms in total. The van der Waals surface area contributed by atoms with Crippen LogP contribution in [0.3, 0.4) is 0 Å². The summed E-state index contributed by atoms with van der Waals surface area (Å²) in [6.07, 6.45) is 2.10.